The van der Waals surface area contributed by atoms with Crippen molar-refractivity contribution in [2.24, 2.45) is 0 Å². The Hall–Kier alpha value is -1.23. The zero-order chi connectivity index (χ0) is 11.8. The molecule has 1 amide bonds. The number of hydrogen-bond donors (Lipinski definition) is 2. The zero-order valence-corrected chi connectivity index (χ0v) is 10.6. The summed E-state index contributed by atoms with van der Waals surface area (Å²) in [4.78, 5) is 14.9. The molecule has 3 rings (SSSR count). The number of nitrogen functional groups attached to an aromatic ring is 1. The lowest BCUT2D eigenvalue weighted by atomic mass is 10.3. The Morgan fingerprint density at radius 3 is 2.76 bits per heavy atom. The van der Waals surface area contributed by atoms with Crippen LogP contribution in [0.3, 0.4) is 0 Å². The summed E-state index contributed by atoms with van der Waals surface area (Å²) in [7, 11) is 0. The van der Waals surface area contributed by atoms with Crippen molar-refractivity contribution in [3.05, 3.63) is 10.9 Å². The molecule has 17 heavy (non-hydrogen) atoms. The van der Waals surface area contributed by atoms with E-state index in [0.29, 0.717) is 16.6 Å². The second kappa shape index (κ2) is 4.22. The first-order valence-corrected chi connectivity index (χ1v) is 7.01. The molecule has 1 aliphatic heterocycles. The summed E-state index contributed by atoms with van der Waals surface area (Å²) in [6.45, 7) is 2.17. The van der Waals surface area contributed by atoms with Crippen LogP contribution in [-0.2, 0) is 0 Å². The van der Waals surface area contributed by atoms with Gasteiger partial charge in [-0.05, 0) is 31.7 Å². The summed E-state index contributed by atoms with van der Waals surface area (Å²) in [6, 6.07) is 2.33. The number of nitrogens with one attached hydrogen (secondary N) is 1. The van der Waals surface area contributed by atoms with Gasteiger partial charge in [-0.2, -0.15) is 0 Å². The largest absolute Gasteiger partial charge is 0.397 e. The maximum atomic E-state index is 11.9. The van der Waals surface area contributed by atoms with E-state index in [1.807, 2.05) is 6.07 Å². The first-order valence-electron chi connectivity index (χ1n) is 6.19. The Morgan fingerprint density at radius 2 is 2.12 bits per heavy atom. The number of thiophene rings is 1. The molecule has 5 heteroatoms. The van der Waals surface area contributed by atoms with Gasteiger partial charge in [0.15, 0.2) is 0 Å². The van der Waals surface area contributed by atoms with Gasteiger partial charge in [-0.3, -0.25) is 4.79 Å². The Morgan fingerprint density at radius 1 is 1.41 bits per heavy atom. The smallest absolute Gasteiger partial charge is 0.263 e. The molecule has 2 fully saturated rings. The highest BCUT2D eigenvalue weighted by Gasteiger charge is 2.26. The van der Waals surface area contributed by atoms with Crippen molar-refractivity contribution in [2.45, 2.75) is 31.7 Å². The number of carbonyl (C=O) groups excluding carboxylic acids is 1. The van der Waals surface area contributed by atoms with Gasteiger partial charge in [0.2, 0.25) is 0 Å². The van der Waals surface area contributed by atoms with Crippen LogP contribution in [0, 0.1) is 0 Å². The molecule has 1 saturated carbocycles. The lowest BCUT2D eigenvalue weighted by Gasteiger charge is -2.13. The molecule has 92 valence electrons. The molecule has 0 radical (unpaired) electrons. The molecule has 0 spiro atoms. The van der Waals surface area contributed by atoms with Crippen LogP contribution in [0.15, 0.2) is 6.07 Å². The molecule has 1 aliphatic carbocycles. The van der Waals surface area contributed by atoms with E-state index in [-0.39, 0.29) is 5.91 Å². The van der Waals surface area contributed by atoms with Crippen LogP contribution in [0.1, 0.15) is 35.4 Å². The van der Waals surface area contributed by atoms with Crippen LogP contribution < -0.4 is 16.0 Å². The fraction of sp³-hybridized carbons (Fsp3) is 0.583. The monoisotopic (exact) mass is 251 g/mol. The van der Waals surface area contributed by atoms with Gasteiger partial charge >= 0.3 is 0 Å². The third-order valence-electron chi connectivity index (χ3n) is 3.28. The number of nitrogens with two attached hydrogens (primary N) is 1. The topological polar surface area (TPSA) is 58.4 Å². The second-order valence-electron chi connectivity index (χ2n) is 4.81. The van der Waals surface area contributed by atoms with Crippen molar-refractivity contribution in [1.82, 2.24) is 5.32 Å². The summed E-state index contributed by atoms with van der Waals surface area (Å²) >= 11 is 1.52. The number of rotatable bonds is 3. The normalized spacial score (nSPS) is 19.6. The van der Waals surface area contributed by atoms with Gasteiger partial charge in [-0.25, -0.2) is 0 Å². The third-order valence-corrected chi connectivity index (χ3v) is 4.49. The number of carbonyl (C=O) groups is 1. The van der Waals surface area contributed by atoms with Crippen LogP contribution in [0.5, 0.6) is 0 Å². The average molecular weight is 251 g/mol. The van der Waals surface area contributed by atoms with E-state index in [0.717, 1.165) is 30.9 Å². The van der Waals surface area contributed by atoms with E-state index in [1.165, 1.54) is 24.2 Å². The van der Waals surface area contributed by atoms with Crippen molar-refractivity contribution < 1.29 is 4.79 Å². The molecule has 2 heterocycles. The van der Waals surface area contributed by atoms with E-state index < -0.39 is 0 Å². The predicted molar refractivity (Wildman–Crippen MR) is 70.7 cm³/mol. The van der Waals surface area contributed by atoms with Crippen LogP contribution in [0.25, 0.3) is 0 Å². The maximum Gasteiger partial charge on any atom is 0.263 e. The summed E-state index contributed by atoms with van der Waals surface area (Å²) in [5.41, 5.74) is 6.55. The minimum atomic E-state index is 0.000414. The highest BCUT2D eigenvalue weighted by Crippen LogP contribution is 2.34. The van der Waals surface area contributed by atoms with Crippen LogP contribution >= 0.6 is 11.3 Å². The average Bonchev–Trinajstić information content (AvgIpc) is 2.83. The standard InChI is InChI=1S/C12H17N3OS/c13-9-7-10(15-5-1-2-6-15)17-11(9)12(16)14-8-3-4-8/h7-8H,1-6,13H2,(H,14,16). The van der Waals surface area contributed by atoms with Gasteiger partial charge < -0.3 is 16.0 Å². The molecule has 0 atom stereocenters. The van der Waals surface area contributed by atoms with Crippen molar-refractivity contribution in [1.29, 1.82) is 0 Å². The van der Waals surface area contributed by atoms with E-state index in [9.17, 15) is 4.79 Å². The lowest BCUT2D eigenvalue weighted by Crippen LogP contribution is -2.25. The molecule has 1 saturated heterocycles. The molecular weight excluding hydrogens is 234 g/mol. The van der Waals surface area contributed by atoms with E-state index in [2.05, 4.69) is 10.2 Å². The highest BCUT2D eigenvalue weighted by atomic mass is 32.1. The van der Waals surface area contributed by atoms with Crippen LogP contribution in [0.2, 0.25) is 0 Å². The Labute approximate surface area is 105 Å². The number of amides is 1. The number of anilines is 2. The molecule has 0 unspecified atom stereocenters. The Bertz CT molecular complexity index is 433. The first kappa shape index (κ1) is 10.9. The van der Waals surface area contributed by atoms with Crippen molar-refractivity contribution in [3.8, 4) is 0 Å². The van der Waals surface area contributed by atoms with Gasteiger partial charge in [0, 0.05) is 19.1 Å². The zero-order valence-electron chi connectivity index (χ0n) is 9.74. The molecular formula is C12H17N3OS. The van der Waals surface area contributed by atoms with Crippen LogP contribution in [0.4, 0.5) is 10.7 Å². The third kappa shape index (κ3) is 2.24. The molecule has 3 N–H and O–H groups in total. The maximum absolute atomic E-state index is 11.9. The SMILES string of the molecule is Nc1cc(N2CCCC2)sc1C(=O)NC1CC1. The van der Waals surface area contributed by atoms with E-state index in [4.69, 9.17) is 5.73 Å². The Kier molecular flexibility index (Phi) is 2.70. The van der Waals surface area contributed by atoms with E-state index >= 15 is 0 Å². The molecule has 0 aromatic carbocycles. The molecule has 0 bridgehead atoms. The summed E-state index contributed by atoms with van der Waals surface area (Å²) in [5, 5.41) is 4.13. The fourth-order valence-electron chi connectivity index (χ4n) is 2.14. The van der Waals surface area contributed by atoms with Crippen LogP contribution in [-0.4, -0.2) is 25.0 Å². The first-order chi connectivity index (χ1) is 8.24. The van der Waals surface area contributed by atoms with Crippen molar-refractivity contribution in [2.75, 3.05) is 23.7 Å². The van der Waals surface area contributed by atoms with Crippen molar-refractivity contribution in [3.63, 3.8) is 0 Å². The summed E-state index contributed by atoms with van der Waals surface area (Å²) < 4.78 is 0. The van der Waals surface area contributed by atoms with Gasteiger partial charge in [-0.15, -0.1) is 11.3 Å². The van der Waals surface area contributed by atoms with Gasteiger partial charge in [0.25, 0.3) is 5.91 Å². The fourth-order valence-corrected chi connectivity index (χ4v) is 3.18. The molecule has 1 aromatic rings. The lowest BCUT2D eigenvalue weighted by molar-refractivity contribution is 0.0956. The highest BCUT2D eigenvalue weighted by molar-refractivity contribution is 7.18. The molecule has 2 aliphatic rings. The minimum Gasteiger partial charge on any atom is -0.397 e. The van der Waals surface area contributed by atoms with Crippen molar-refractivity contribution >= 4 is 27.9 Å². The number of hydrogen-bond acceptors (Lipinski definition) is 4. The summed E-state index contributed by atoms with van der Waals surface area (Å²) in [5.74, 6) is 0.000414. The summed E-state index contributed by atoms with van der Waals surface area (Å²) in [6.07, 6.45) is 4.69. The van der Waals surface area contributed by atoms with Gasteiger partial charge in [-0.1, -0.05) is 0 Å². The van der Waals surface area contributed by atoms with E-state index in [1.54, 1.807) is 0 Å². The Balaban J connectivity index is 1.76. The quantitative estimate of drug-likeness (QED) is 0.861. The predicted octanol–water partition coefficient (Wildman–Crippen LogP) is 1.82. The number of nitrogens with zero attached hydrogens (tertiary/aromatic N) is 1. The minimum absolute atomic E-state index is 0.000414. The molecule has 1 aromatic heterocycles. The molecule has 4 nitrogen and oxygen atoms in total. The second-order valence-corrected chi connectivity index (χ2v) is 5.84. The van der Waals surface area contributed by atoms with Gasteiger partial charge in [0.1, 0.15) is 4.88 Å². The van der Waals surface area contributed by atoms with Gasteiger partial charge in [0.05, 0.1) is 10.7 Å².